The number of amidine groups is 1. The number of anilines is 1. The normalized spacial score (nSPS) is 22.7. The minimum absolute atomic E-state index is 0.126. The van der Waals surface area contributed by atoms with Gasteiger partial charge in [0.05, 0.1) is 34.0 Å². The number of halogens is 2. The molecule has 9 heteroatoms. The monoisotopic (exact) mass is 454 g/mol. The van der Waals surface area contributed by atoms with E-state index in [1.807, 2.05) is 36.7 Å². The highest BCUT2D eigenvalue weighted by Crippen LogP contribution is 2.48. The Morgan fingerprint density at radius 1 is 1.19 bits per heavy atom. The van der Waals surface area contributed by atoms with Crippen LogP contribution in [0.4, 0.5) is 5.69 Å². The quantitative estimate of drug-likeness (QED) is 0.733. The number of rotatable bonds is 2. The lowest BCUT2D eigenvalue weighted by molar-refractivity contribution is -0.119. The summed E-state index contributed by atoms with van der Waals surface area (Å²) in [6.07, 6.45) is 5.99. The largest absolute Gasteiger partial charge is 0.334 e. The second-order valence-electron chi connectivity index (χ2n) is 7.98. The summed E-state index contributed by atoms with van der Waals surface area (Å²) < 4.78 is 1.94. The van der Waals surface area contributed by atoms with Gasteiger partial charge in [0.2, 0.25) is 5.96 Å². The minimum Gasteiger partial charge on any atom is -0.334 e. The molecule has 0 bridgehead atoms. The number of aliphatic imine (C=N–C) groups is 2. The van der Waals surface area contributed by atoms with Gasteiger partial charge in [0, 0.05) is 33.1 Å². The van der Waals surface area contributed by atoms with E-state index in [1.54, 1.807) is 30.7 Å². The molecule has 2 aliphatic heterocycles. The molecule has 1 N–H and O–H groups in total. The van der Waals surface area contributed by atoms with Crippen molar-refractivity contribution in [3.05, 3.63) is 63.8 Å². The van der Waals surface area contributed by atoms with Crippen LogP contribution >= 0.6 is 23.2 Å². The molecule has 1 aromatic heterocycles. The second-order valence-corrected chi connectivity index (χ2v) is 8.79. The Hall–Kier alpha value is -2.90. The van der Waals surface area contributed by atoms with E-state index in [9.17, 15) is 4.79 Å². The Labute approximate surface area is 189 Å². The number of aromatic nitrogens is 2. The van der Waals surface area contributed by atoms with Gasteiger partial charge in [-0.15, -0.1) is 0 Å². The number of likely N-dealkylation sites (N-methyl/N-ethyl adjacent to an activating group) is 1. The molecule has 31 heavy (non-hydrogen) atoms. The molecule has 3 aliphatic rings. The molecule has 2 aromatic rings. The molecule has 0 amide bonds. The molecule has 0 radical (unpaired) electrons. The number of allylic oxidation sites excluding steroid dienone is 1. The zero-order valence-corrected chi connectivity index (χ0v) is 18.8. The van der Waals surface area contributed by atoms with Gasteiger partial charge >= 0.3 is 0 Å². The van der Waals surface area contributed by atoms with E-state index < -0.39 is 5.54 Å². The number of imidazole rings is 1. The van der Waals surface area contributed by atoms with Crippen LogP contribution in [0.3, 0.4) is 0 Å². The number of nitrogens with zero attached hydrogens (tertiary/aromatic N) is 5. The maximum atomic E-state index is 13.0. The zero-order chi connectivity index (χ0) is 21.9. The molecule has 1 unspecified atom stereocenters. The van der Waals surface area contributed by atoms with Gasteiger partial charge in [0.25, 0.3) is 0 Å². The highest BCUT2D eigenvalue weighted by atomic mass is 35.5. The second kappa shape index (κ2) is 7.07. The Bertz CT molecular complexity index is 1230. The van der Waals surface area contributed by atoms with Gasteiger partial charge < -0.3 is 14.8 Å². The zero-order valence-electron chi connectivity index (χ0n) is 17.3. The molecule has 1 aliphatic carbocycles. The summed E-state index contributed by atoms with van der Waals surface area (Å²) in [7, 11) is 3.84. The molecule has 5 rings (SSSR count). The molecular weight excluding hydrogens is 435 g/mol. The number of carbonyl (C=O) groups is 1. The molecule has 0 saturated carbocycles. The van der Waals surface area contributed by atoms with Crippen molar-refractivity contribution in [2.75, 3.05) is 12.4 Å². The number of guanidine groups is 1. The Kier molecular flexibility index (Phi) is 4.57. The number of benzene rings is 1. The van der Waals surface area contributed by atoms with Gasteiger partial charge in [-0.1, -0.05) is 29.3 Å². The number of nitrogens with one attached hydrogen (secondary N) is 1. The topological polar surface area (TPSA) is 74.9 Å². The summed E-state index contributed by atoms with van der Waals surface area (Å²) in [5, 5.41) is 4.23. The van der Waals surface area contributed by atoms with Crippen LogP contribution in [0.2, 0.25) is 10.0 Å². The summed E-state index contributed by atoms with van der Waals surface area (Å²) in [6.45, 7) is 2.02. The number of carbonyl (C=O) groups excluding carboxylic acids is 1. The first-order chi connectivity index (χ1) is 14.8. The fraction of sp³-hybridized carbons (Fsp3) is 0.273. The van der Waals surface area contributed by atoms with Gasteiger partial charge in [0.15, 0.2) is 5.84 Å². The van der Waals surface area contributed by atoms with Crippen LogP contribution in [0.1, 0.15) is 25.5 Å². The SMILES string of the molecule is CC1=CN=C2N=C(Nc3c(Cl)cccc3Cl)N(C)C23CC(=O)CC(c2cncn2C)=C13. The van der Waals surface area contributed by atoms with Crippen molar-refractivity contribution >= 4 is 52.0 Å². The standard InChI is InChI=1S/C22H20Cl2N6O/c1-12-9-26-20-22(8-13(31)7-14(18(12)22)17-10-25-11-29(17)2)30(3)21(28-20)27-19-15(23)5-4-6-16(19)24/h4-6,9-11H,7-8H2,1-3H3,(H,26,27,28). The van der Waals surface area contributed by atoms with Crippen molar-refractivity contribution in [1.82, 2.24) is 14.5 Å². The maximum absolute atomic E-state index is 13.0. The first-order valence-electron chi connectivity index (χ1n) is 9.84. The van der Waals surface area contributed by atoms with E-state index in [0.29, 0.717) is 33.9 Å². The van der Waals surface area contributed by atoms with Crippen LogP contribution in [-0.2, 0) is 11.8 Å². The van der Waals surface area contributed by atoms with Crippen molar-refractivity contribution < 1.29 is 4.79 Å². The predicted molar refractivity (Wildman–Crippen MR) is 124 cm³/mol. The van der Waals surface area contributed by atoms with Gasteiger partial charge in [-0.05, 0) is 35.8 Å². The molecule has 158 valence electrons. The molecule has 3 heterocycles. The third kappa shape index (κ3) is 2.87. The van der Waals surface area contributed by atoms with Gasteiger partial charge in [-0.3, -0.25) is 4.79 Å². The Morgan fingerprint density at radius 3 is 2.61 bits per heavy atom. The van der Waals surface area contributed by atoms with Crippen LogP contribution < -0.4 is 5.32 Å². The van der Waals surface area contributed by atoms with Crippen molar-refractivity contribution in [3.8, 4) is 0 Å². The summed E-state index contributed by atoms with van der Waals surface area (Å²) >= 11 is 12.7. The van der Waals surface area contributed by atoms with Gasteiger partial charge in [-0.25, -0.2) is 9.98 Å². The van der Waals surface area contributed by atoms with Crippen LogP contribution in [0.5, 0.6) is 0 Å². The molecule has 0 saturated heterocycles. The van der Waals surface area contributed by atoms with Crippen LogP contribution in [0.25, 0.3) is 5.57 Å². The highest BCUT2D eigenvalue weighted by molar-refractivity contribution is 6.40. The maximum Gasteiger partial charge on any atom is 0.205 e. The molecule has 7 nitrogen and oxygen atoms in total. The average Bonchev–Trinajstić information content (AvgIpc) is 3.26. The fourth-order valence-electron chi connectivity index (χ4n) is 4.68. The molecule has 1 aromatic carbocycles. The third-order valence-corrected chi connectivity index (χ3v) is 6.74. The van der Waals surface area contributed by atoms with E-state index in [1.165, 1.54) is 0 Å². The van der Waals surface area contributed by atoms with E-state index in [0.717, 1.165) is 22.4 Å². The number of para-hydroxylation sites is 1. The van der Waals surface area contributed by atoms with Crippen molar-refractivity contribution in [2.45, 2.75) is 25.3 Å². The number of ketones is 1. The summed E-state index contributed by atoms with van der Waals surface area (Å²) in [5.74, 6) is 1.24. The lowest BCUT2D eigenvalue weighted by atomic mass is 9.70. The summed E-state index contributed by atoms with van der Waals surface area (Å²) in [4.78, 5) is 28.6. The Balaban J connectivity index is 1.67. The molecule has 1 spiro atoms. The highest BCUT2D eigenvalue weighted by Gasteiger charge is 2.55. The van der Waals surface area contributed by atoms with Crippen LogP contribution in [0.15, 0.2) is 58.1 Å². The fourth-order valence-corrected chi connectivity index (χ4v) is 5.17. The van der Waals surface area contributed by atoms with E-state index in [-0.39, 0.29) is 12.2 Å². The van der Waals surface area contributed by atoms with Gasteiger partial charge in [-0.2, -0.15) is 4.99 Å². The van der Waals surface area contributed by atoms with Crippen molar-refractivity contribution in [3.63, 3.8) is 0 Å². The molecular formula is C22H20Cl2N6O. The smallest absolute Gasteiger partial charge is 0.205 e. The van der Waals surface area contributed by atoms with E-state index in [2.05, 4.69) is 15.3 Å². The Morgan fingerprint density at radius 2 is 1.94 bits per heavy atom. The number of Topliss-reactive ketones (excluding diaryl/α,β-unsaturated/α-hetero) is 1. The van der Waals surface area contributed by atoms with Crippen molar-refractivity contribution in [2.24, 2.45) is 17.0 Å². The number of hydrogen-bond donors (Lipinski definition) is 1. The minimum atomic E-state index is -0.788. The van der Waals surface area contributed by atoms with E-state index in [4.69, 9.17) is 28.2 Å². The third-order valence-electron chi connectivity index (χ3n) is 6.11. The number of aryl methyl sites for hydroxylation is 1. The molecule has 1 atom stereocenters. The number of hydrogen-bond acceptors (Lipinski definition) is 6. The summed E-state index contributed by atoms with van der Waals surface area (Å²) in [5.41, 5.74) is 3.71. The predicted octanol–water partition coefficient (Wildman–Crippen LogP) is 4.31. The summed E-state index contributed by atoms with van der Waals surface area (Å²) in [6, 6.07) is 5.30. The average molecular weight is 455 g/mol. The van der Waals surface area contributed by atoms with Crippen LogP contribution in [-0.4, -0.2) is 44.6 Å². The first kappa shape index (κ1) is 20.0. The lowest BCUT2D eigenvalue weighted by Gasteiger charge is -2.44. The van der Waals surface area contributed by atoms with E-state index >= 15 is 0 Å². The van der Waals surface area contributed by atoms with Crippen molar-refractivity contribution in [1.29, 1.82) is 0 Å². The molecule has 0 fully saturated rings. The lowest BCUT2D eigenvalue weighted by Crippen LogP contribution is -2.56. The van der Waals surface area contributed by atoms with Gasteiger partial charge in [0.1, 0.15) is 11.3 Å². The first-order valence-corrected chi connectivity index (χ1v) is 10.6. The van der Waals surface area contributed by atoms with Crippen LogP contribution in [0, 0.1) is 0 Å².